The third-order valence-corrected chi connectivity index (χ3v) is 3.56. The van der Waals surface area contributed by atoms with Gasteiger partial charge in [-0.15, -0.1) is 0 Å². The summed E-state index contributed by atoms with van der Waals surface area (Å²) in [5.74, 6) is -1.49. The number of aromatic carboxylic acids is 1. The number of pyridine rings is 1. The largest absolute Gasteiger partial charge is 0.477 e. The molecule has 5 nitrogen and oxygen atoms in total. The number of halogens is 2. The molecule has 0 radical (unpaired) electrons. The number of anilines is 1. The number of carbonyl (C=O) groups excluding carboxylic acids is 1. The van der Waals surface area contributed by atoms with E-state index in [2.05, 4.69) is 42.2 Å². The van der Waals surface area contributed by atoms with E-state index >= 15 is 0 Å². The predicted molar refractivity (Wildman–Crippen MR) is 81.0 cm³/mol. The molecule has 0 spiro atoms. The Balaban J connectivity index is 2.23. The Labute approximate surface area is 131 Å². The van der Waals surface area contributed by atoms with E-state index in [9.17, 15) is 9.59 Å². The molecule has 102 valence electrons. The molecule has 2 aromatic rings. The monoisotopic (exact) mass is 398 g/mol. The van der Waals surface area contributed by atoms with Crippen molar-refractivity contribution in [3.63, 3.8) is 0 Å². The standard InChI is InChI=1S/C13H8Br2N2O3/c14-7-1-2-9(10(15)5-7)12(18)17-8-3-4-16-11(6-8)13(19)20/h1-6H,(H,19,20)(H,16,17,18). The maximum absolute atomic E-state index is 12.1. The molecule has 20 heavy (non-hydrogen) atoms. The van der Waals surface area contributed by atoms with Gasteiger partial charge in [-0.1, -0.05) is 15.9 Å². The van der Waals surface area contributed by atoms with Crippen molar-refractivity contribution in [2.45, 2.75) is 0 Å². The average Bonchev–Trinajstić information content (AvgIpc) is 2.38. The first-order valence-corrected chi connectivity index (χ1v) is 7.02. The van der Waals surface area contributed by atoms with Crippen LogP contribution in [0.1, 0.15) is 20.8 Å². The van der Waals surface area contributed by atoms with E-state index in [0.29, 0.717) is 15.7 Å². The molecule has 0 bridgehead atoms. The minimum Gasteiger partial charge on any atom is -0.477 e. The molecule has 7 heteroatoms. The van der Waals surface area contributed by atoms with E-state index in [1.165, 1.54) is 18.3 Å². The molecular weight excluding hydrogens is 392 g/mol. The number of rotatable bonds is 3. The third-order valence-electron chi connectivity index (χ3n) is 2.41. The first-order valence-electron chi connectivity index (χ1n) is 5.43. The lowest BCUT2D eigenvalue weighted by Gasteiger charge is -2.07. The second kappa shape index (κ2) is 6.15. The SMILES string of the molecule is O=C(O)c1cc(NC(=O)c2ccc(Br)cc2Br)ccn1. The Morgan fingerprint density at radius 1 is 1.15 bits per heavy atom. The van der Waals surface area contributed by atoms with Crippen molar-refractivity contribution in [2.24, 2.45) is 0 Å². The van der Waals surface area contributed by atoms with Crippen molar-refractivity contribution in [3.8, 4) is 0 Å². The van der Waals surface area contributed by atoms with Crippen LogP contribution in [0, 0.1) is 0 Å². The number of hydrogen-bond acceptors (Lipinski definition) is 3. The Kier molecular flexibility index (Phi) is 4.51. The van der Waals surface area contributed by atoms with E-state index in [1.807, 2.05) is 0 Å². The lowest BCUT2D eigenvalue weighted by molar-refractivity contribution is 0.0690. The molecule has 0 fully saturated rings. The molecule has 1 heterocycles. The van der Waals surface area contributed by atoms with Crippen molar-refractivity contribution in [2.75, 3.05) is 5.32 Å². The highest BCUT2D eigenvalue weighted by molar-refractivity contribution is 9.11. The molecule has 0 saturated carbocycles. The molecule has 0 saturated heterocycles. The zero-order valence-electron chi connectivity index (χ0n) is 9.93. The van der Waals surface area contributed by atoms with E-state index in [1.54, 1.807) is 18.2 Å². The molecule has 1 aromatic carbocycles. The van der Waals surface area contributed by atoms with Crippen molar-refractivity contribution >= 4 is 49.4 Å². The molecule has 2 rings (SSSR count). The van der Waals surface area contributed by atoms with Crippen molar-refractivity contribution < 1.29 is 14.7 Å². The molecule has 0 aliphatic heterocycles. The van der Waals surface area contributed by atoms with Gasteiger partial charge in [-0.25, -0.2) is 9.78 Å². The summed E-state index contributed by atoms with van der Waals surface area (Å²) in [7, 11) is 0. The molecule has 1 aromatic heterocycles. The number of hydrogen-bond donors (Lipinski definition) is 2. The number of nitrogens with one attached hydrogen (secondary N) is 1. The molecule has 1 amide bonds. The quantitative estimate of drug-likeness (QED) is 0.826. The second-order valence-corrected chi connectivity index (χ2v) is 5.58. The first-order chi connectivity index (χ1) is 9.47. The molecular formula is C13H8Br2N2O3. The van der Waals surface area contributed by atoms with Crippen LogP contribution in [-0.2, 0) is 0 Å². The lowest BCUT2D eigenvalue weighted by atomic mass is 10.2. The van der Waals surface area contributed by atoms with Gasteiger partial charge in [-0.05, 0) is 46.3 Å². The number of nitrogens with zero attached hydrogens (tertiary/aromatic N) is 1. The molecule has 0 aliphatic rings. The van der Waals surface area contributed by atoms with Crippen LogP contribution in [0.2, 0.25) is 0 Å². The summed E-state index contributed by atoms with van der Waals surface area (Å²) in [5.41, 5.74) is 0.691. The van der Waals surface area contributed by atoms with Crippen LogP contribution >= 0.6 is 31.9 Å². The summed E-state index contributed by atoms with van der Waals surface area (Å²) < 4.78 is 1.48. The normalized spacial score (nSPS) is 10.1. The average molecular weight is 400 g/mol. The minimum absolute atomic E-state index is 0.127. The van der Waals surface area contributed by atoms with Gasteiger partial charge in [0.2, 0.25) is 0 Å². The summed E-state index contributed by atoms with van der Waals surface area (Å²) in [6, 6.07) is 7.98. The summed E-state index contributed by atoms with van der Waals surface area (Å²) in [6.45, 7) is 0. The van der Waals surface area contributed by atoms with Crippen LogP contribution in [-0.4, -0.2) is 22.0 Å². The van der Waals surface area contributed by atoms with Crippen LogP contribution < -0.4 is 5.32 Å². The highest BCUT2D eigenvalue weighted by Gasteiger charge is 2.12. The van der Waals surface area contributed by atoms with Crippen LogP contribution in [0.4, 0.5) is 5.69 Å². The number of benzene rings is 1. The smallest absolute Gasteiger partial charge is 0.354 e. The Hall–Kier alpha value is -1.73. The van der Waals surface area contributed by atoms with Crippen molar-refractivity contribution in [3.05, 3.63) is 56.7 Å². The van der Waals surface area contributed by atoms with Crippen molar-refractivity contribution in [1.29, 1.82) is 0 Å². The van der Waals surface area contributed by atoms with Crippen LogP contribution in [0.25, 0.3) is 0 Å². The van der Waals surface area contributed by atoms with Gasteiger partial charge in [0, 0.05) is 20.8 Å². The van der Waals surface area contributed by atoms with Gasteiger partial charge in [-0.2, -0.15) is 0 Å². The number of aromatic nitrogens is 1. The fourth-order valence-electron chi connectivity index (χ4n) is 1.50. The van der Waals surface area contributed by atoms with E-state index in [-0.39, 0.29) is 11.6 Å². The predicted octanol–water partition coefficient (Wildman–Crippen LogP) is 3.56. The van der Waals surface area contributed by atoms with Gasteiger partial charge in [0.25, 0.3) is 5.91 Å². The van der Waals surface area contributed by atoms with Gasteiger partial charge in [0.1, 0.15) is 5.69 Å². The van der Waals surface area contributed by atoms with Gasteiger partial charge in [0.15, 0.2) is 0 Å². The maximum Gasteiger partial charge on any atom is 0.354 e. The summed E-state index contributed by atoms with van der Waals surface area (Å²) in [6.07, 6.45) is 1.33. The van der Waals surface area contributed by atoms with E-state index in [0.717, 1.165) is 4.47 Å². The van der Waals surface area contributed by atoms with Gasteiger partial charge in [-0.3, -0.25) is 4.79 Å². The Bertz CT molecular complexity index is 689. The van der Waals surface area contributed by atoms with Crippen molar-refractivity contribution in [1.82, 2.24) is 4.98 Å². The van der Waals surface area contributed by atoms with Crippen LogP contribution in [0.5, 0.6) is 0 Å². The maximum atomic E-state index is 12.1. The first kappa shape index (κ1) is 14.7. The molecule has 2 N–H and O–H groups in total. The zero-order valence-corrected chi connectivity index (χ0v) is 13.1. The summed E-state index contributed by atoms with van der Waals surface area (Å²) in [4.78, 5) is 26.6. The van der Waals surface area contributed by atoms with Gasteiger partial charge in [0.05, 0.1) is 5.56 Å². The fraction of sp³-hybridized carbons (Fsp3) is 0. The number of amides is 1. The lowest BCUT2D eigenvalue weighted by Crippen LogP contribution is -2.13. The Morgan fingerprint density at radius 2 is 1.90 bits per heavy atom. The minimum atomic E-state index is -1.15. The summed E-state index contributed by atoms with van der Waals surface area (Å²) >= 11 is 6.60. The van der Waals surface area contributed by atoms with E-state index in [4.69, 9.17) is 5.11 Å². The van der Waals surface area contributed by atoms with Crippen LogP contribution in [0.3, 0.4) is 0 Å². The highest BCUT2D eigenvalue weighted by atomic mass is 79.9. The molecule has 0 atom stereocenters. The molecule has 0 aliphatic carbocycles. The van der Waals surface area contributed by atoms with Gasteiger partial charge >= 0.3 is 5.97 Å². The van der Waals surface area contributed by atoms with Gasteiger partial charge < -0.3 is 10.4 Å². The number of carboxylic acids is 1. The van der Waals surface area contributed by atoms with E-state index < -0.39 is 5.97 Å². The zero-order chi connectivity index (χ0) is 14.7. The fourth-order valence-corrected chi connectivity index (χ4v) is 2.72. The topological polar surface area (TPSA) is 79.3 Å². The number of carboxylic acid groups (broad SMARTS) is 1. The second-order valence-electron chi connectivity index (χ2n) is 3.81. The van der Waals surface area contributed by atoms with Crippen LogP contribution in [0.15, 0.2) is 45.5 Å². The third kappa shape index (κ3) is 3.43. The molecule has 0 unspecified atom stereocenters. The number of carbonyl (C=O) groups is 2. The summed E-state index contributed by atoms with van der Waals surface area (Å²) in [5, 5.41) is 11.5. The highest BCUT2D eigenvalue weighted by Crippen LogP contribution is 2.23. The Morgan fingerprint density at radius 3 is 2.55 bits per heavy atom.